The summed E-state index contributed by atoms with van der Waals surface area (Å²) in [6, 6.07) is 13.3. The van der Waals surface area contributed by atoms with Crippen molar-refractivity contribution in [2.45, 2.75) is 39.7 Å². The second-order valence-corrected chi connectivity index (χ2v) is 6.57. The van der Waals surface area contributed by atoms with Gasteiger partial charge in [-0.15, -0.1) is 0 Å². The molecule has 2 aromatic carbocycles. The first kappa shape index (κ1) is 20.6. The van der Waals surface area contributed by atoms with Crippen molar-refractivity contribution in [2.75, 3.05) is 26.0 Å². The van der Waals surface area contributed by atoms with Crippen molar-refractivity contribution in [1.29, 1.82) is 0 Å². The maximum atomic E-state index is 12.8. The first-order valence-corrected chi connectivity index (χ1v) is 9.49. The van der Waals surface area contributed by atoms with E-state index in [9.17, 15) is 4.79 Å². The third kappa shape index (κ3) is 6.20. The predicted molar refractivity (Wildman–Crippen MR) is 109 cm³/mol. The number of carbonyl (C=O) groups excluding carboxylic acids is 1. The van der Waals surface area contributed by atoms with Crippen LogP contribution in [0.5, 0.6) is 11.5 Å². The van der Waals surface area contributed by atoms with Gasteiger partial charge in [0.1, 0.15) is 0 Å². The lowest BCUT2D eigenvalue weighted by Crippen LogP contribution is -2.32. The van der Waals surface area contributed by atoms with E-state index in [1.165, 1.54) is 0 Å². The molecule has 0 aliphatic carbocycles. The molecule has 0 heterocycles. The molecule has 146 valence electrons. The van der Waals surface area contributed by atoms with Crippen LogP contribution < -0.4 is 15.2 Å². The van der Waals surface area contributed by atoms with Crippen LogP contribution in [0, 0.1) is 0 Å². The Balaban J connectivity index is 2.09. The molecular weight excluding hydrogens is 340 g/mol. The molecule has 0 fully saturated rings. The highest BCUT2D eigenvalue weighted by molar-refractivity contribution is 5.79. The van der Waals surface area contributed by atoms with Crippen molar-refractivity contribution < 1.29 is 14.3 Å². The van der Waals surface area contributed by atoms with E-state index in [1.807, 2.05) is 47.4 Å². The highest BCUT2D eigenvalue weighted by atomic mass is 16.5. The van der Waals surface area contributed by atoms with Crippen LogP contribution >= 0.6 is 0 Å². The Kier molecular flexibility index (Phi) is 7.99. The number of methoxy groups -OCH3 is 1. The molecule has 0 saturated carbocycles. The molecule has 5 heteroatoms. The Hall–Kier alpha value is -2.69. The number of rotatable bonds is 10. The van der Waals surface area contributed by atoms with E-state index >= 15 is 0 Å². The summed E-state index contributed by atoms with van der Waals surface area (Å²) < 4.78 is 11.2. The molecule has 2 N–H and O–H groups in total. The molecule has 2 aromatic rings. The minimum atomic E-state index is 0.104. The van der Waals surface area contributed by atoms with Gasteiger partial charge in [0.05, 0.1) is 20.1 Å². The normalized spacial score (nSPS) is 10.5. The van der Waals surface area contributed by atoms with Crippen molar-refractivity contribution in [3.05, 3.63) is 53.6 Å². The molecule has 0 unspecified atom stereocenters. The number of amides is 1. The zero-order valence-corrected chi connectivity index (χ0v) is 16.5. The molecular formula is C22H30N2O3. The molecule has 0 spiro atoms. The van der Waals surface area contributed by atoms with Gasteiger partial charge >= 0.3 is 0 Å². The summed E-state index contributed by atoms with van der Waals surface area (Å²) in [7, 11) is 1.63. The van der Waals surface area contributed by atoms with Gasteiger partial charge in [-0.05, 0) is 48.2 Å². The van der Waals surface area contributed by atoms with Crippen LogP contribution in [-0.4, -0.2) is 31.1 Å². The van der Waals surface area contributed by atoms with Gasteiger partial charge in [0.15, 0.2) is 11.5 Å². The fraction of sp³-hybridized carbons (Fsp3) is 0.409. The Bertz CT molecular complexity index is 729. The van der Waals surface area contributed by atoms with E-state index in [0.29, 0.717) is 37.6 Å². The molecule has 0 aliphatic heterocycles. The summed E-state index contributed by atoms with van der Waals surface area (Å²) >= 11 is 0. The molecule has 0 atom stereocenters. The Morgan fingerprint density at radius 2 is 1.70 bits per heavy atom. The molecule has 0 radical (unpaired) electrons. The van der Waals surface area contributed by atoms with Crippen LogP contribution in [0.4, 0.5) is 5.69 Å². The number of nitrogens with two attached hydrogens (primary N) is 1. The van der Waals surface area contributed by atoms with Gasteiger partial charge in [-0.25, -0.2) is 0 Å². The fourth-order valence-electron chi connectivity index (χ4n) is 2.85. The van der Waals surface area contributed by atoms with Crippen molar-refractivity contribution >= 4 is 11.6 Å². The van der Waals surface area contributed by atoms with Crippen LogP contribution in [0.25, 0.3) is 0 Å². The number of hydrogen-bond donors (Lipinski definition) is 1. The van der Waals surface area contributed by atoms with Crippen molar-refractivity contribution in [3.8, 4) is 11.5 Å². The van der Waals surface area contributed by atoms with Crippen LogP contribution in [-0.2, 0) is 17.8 Å². The number of carbonyl (C=O) groups is 1. The number of anilines is 1. The summed E-state index contributed by atoms with van der Waals surface area (Å²) in [4.78, 5) is 14.7. The monoisotopic (exact) mass is 370 g/mol. The van der Waals surface area contributed by atoms with Gasteiger partial charge in [-0.3, -0.25) is 4.79 Å². The van der Waals surface area contributed by atoms with E-state index in [1.54, 1.807) is 7.11 Å². The smallest absolute Gasteiger partial charge is 0.227 e. The number of ether oxygens (including phenoxy) is 2. The van der Waals surface area contributed by atoms with Gasteiger partial charge in [0.2, 0.25) is 5.91 Å². The highest BCUT2D eigenvalue weighted by Gasteiger charge is 2.15. The lowest BCUT2D eigenvalue weighted by molar-refractivity contribution is -0.131. The maximum Gasteiger partial charge on any atom is 0.227 e. The van der Waals surface area contributed by atoms with E-state index in [0.717, 1.165) is 29.7 Å². The first-order valence-electron chi connectivity index (χ1n) is 9.49. The van der Waals surface area contributed by atoms with Gasteiger partial charge in [-0.1, -0.05) is 32.0 Å². The zero-order chi connectivity index (χ0) is 19.6. The summed E-state index contributed by atoms with van der Waals surface area (Å²) in [5, 5.41) is 0. The first-order chi connectivity index (χ1) is 13.1. The average molecular weight is 370 g/mol. The zero-order valence-electron chi connectivity index (χ0n) is 16.5. The van der Waals surface area contributed by atoms with E-state index in [4.69, 9.17) is 15.2 Å². The van der Waals surface area contributed by atoms with Gasteiger partial charge in [0.25, 0.3) is 0 Å². The molecule has 0 saturated heterocycles. The number of benzene rings is 2. The number of hydrogen-bond acceptors (Lipinski definition) is 4. The third-order valence-corrected chi connectivity index (χ3v) is 4.24. The number of nitrogen functional groups attached to an aromatic ring is 1. The fourth-order valence-corrected chi connectivity index (χ4v) is 2.85. The van der Waals surface area contributed by atoms with Crippen molar-refractivity contribution in [1.82, 2.24) is 4.90 Å². The minimum absolute atomic E-state index is 0.104. The Labute approximate surface area is 162 Å². The van der Waals surface area contributed by atoms with E-state index < -0.39 is 0 Å². The van der Waals surface area contributed by atoms with Crippen LogP contribution in [0.15, 0.2) is 42.5 Å². The van der Waals surface area contributed by atoms with Crippen LogP contribution in [0.3, 0.4) is 0 Å². The summed E-state index contributed by atoms with van der Waals surface area (Å²) in [6.07, 6.45) is 2.21. The second-order valence-electron chi connectivity index (χ2n) is 6.57. The molecule has 0 aliphatic rings. The van der Waals surface area contributed by atoms with E-state index in [-0.39, 0.29) is 5.91 Å². The average Bonchev–Trinajstić information content (AvgIpc) is 2.68. The van der Waals surface area contributed by atoms with Gasteiger partial charge in [0, 0.05) is 18.8 Å². The van der Waals surface area contributed by atoms with Crippen LogP contribution in [0.1, 0.15) is 37.8 Å². The lowest BCUT2D eigenvalue weighted by atomic mass is 10.1. The quantitative estimate of drug-likeness (QED) is 0.641. The second kappa shape index (κ2) is 10.5. The summed E-state index contributed by atoms with van der Waals surface area (Å²) in [5.41, 5.74) is 8.41. The Morgan fingerprint density at radius 3 is 2.33 bits per heavy atom. The number of nitrogens with zero attached hydrogens (tertiary/aromatic N) is 1. The predicted octanol–water partition coefficient (Wildman–Crippen LogP) is 4.05. The molecule has 1 amide bonds. The molecule has 5 nitrogen and oxygen atoms in total. The largest absolute Gasteiger partial charge is 0.493 e. The van der Waals surface area contributed by atoms with Gasteiger partial charge < -0.3 is 20.1 Å². The maximum absolute atomic E-state index is 12.8. The Morgan fingerprint density at radius 1 is 1.00 bits per heavy atom. The van der Waals surface area contributed by atoms with Crippen LogP contribution in [0.2, 0.25) is 0 Å². The minimum Gasteiger partial charge on any atom is -0.493 e. The van der Waals surface area contributed by atoms with Crippen molar-refractivity contribution in [3.63, 3.8) is 0 Å². The third-order valence-electron chi connectivity index (χ3n) is 4.24. The summed E-state index contributed by atoms with van der Waals surface area (Å²) in [5.74, 6) is 1.54. The molecule has 0 bridgehead atoms. The molecule has 2 rings (SSSR count). The van der Waals surface area contributed by atoms with Gasteiger partial charge in [-0.2, -0.15) is 0 Å². The lowest BCUT2D eigenvalue weighted by Gasteiger charge is -2.23. The summed E-state index contributed by atoms with van der Waals surface area (Å²) in [6.45, 7) is 6.05. The van der Waals surface area contributed by atoms with Crippen molar-refractivity contribution in [2.24, 2.45) is 0 Å². The molecule has 27 heavy (non-hydrogen) atoms. The topological polar surface area (TPSA) is 64.8 Å². The standard InChI is InChI=1S/C22H30N2O3/c1-4-12-24(22(25)15-17-6-9-19(23)10-7-17)16-18-8-11-20(27-13-5-2)21(14-18)26-3/h6-11,14H,4-5,12-13,15-16,23H2,1-3H3. The van der Waals surface area contributed by atoms with E-state index in [2.05, 4.69) is 13.8 Å². The SMILES string of the molecule is CCCOc1ccc(CN(CCC)C(=O)Cc2ccc(N)cc2)cc1OC. The highest BCUT2D eigenvalue weighted by Crippen LogP contribution is 2.28. The molecule has 0 aromatic heterocycles.